The van der Waals surface area contributed by atoms with Gasteiger partial charge in [0.15, 0.2) is 0 Å². The second-order valence-corrected chi connectivity index (χ2v) is 3.79. The van der Waals surface area contributed by atoms with E-state index in [4.69, 9.17) is 0 Å². The van der Waals surface area contributed by atoms with E-state index in [2.05, 4.69) is 5.32 Å². The molecule has 1 nitrogen and oxygen atoms in total. The SMILES string of the molecule is CNC1(c2cc(F)ccc2C)CC1. The molecule has 1 aromatic rings. The summed E-state index contributed by atoms with van der Waals surface area (Å²) in [6, 6.07) is 5.02. The van der Waals surface area contributed by atoms with Crippen LogP contribution >= 0.6 is 0 Å². The molecule has 1 saturated carbocycles. The molecule has 2 heteroatoms. The van der Waals surface area contributed by atoms with Crippen molar-refractivity contribution in [3.8, 4) is 0 Å². The molecule has 1 N–H and O–H groups in total. The Hall–Kier alpha value is -0.890. The van der Waals surface area contributed by atoms with Crippen LogP contribution in [0.25, 0.3) is 0 Å². The first-order chi connectivity index (χ1) is 6.18. The van der Waals surface area contributed by atoms with Gasteiger partial charge in [0, 0.05) is 5.54 Å². The molecular formula is C11H14FN. The quantitative estimate of drug-likeness (QED) is 0.734. The smallest absolute Gasteiger partial charge is 0.123 e. The standard InChI is InChI=1S/C11H14FN/c1-8-3-4-9(12)7-10(8)11(13-2)5-6-11/h3-4,7,13H,5-6H2,1-2H3. The lowest BCUT2D eigenvalue weighted by Crippen LogP contribution is -2.25. The number of hydrogen-bond acceptors (Lipinski definition) is 1. The number of halogens is 1. The largest absolute Gasteiger partial charge is 0.310 e. The molecule has 0 bridgehead atoms. The van der Waals surface area contributed by atoms with Crippen molar-refractivity contribution in [2.75, 3.05) is 7.05 Å². The summed E-state index contributed by atoms with van der Waals surface area (Å²) < 4.78 is 13.0. The van der Waals surface area contributed by atoms with Gasteiger partial charge in [-0.15, -0.1) is 0 Å². The third-order valence-corrected chi connectivity index (χ3v) is 2.94. The second kappa shape index (κ2) is 2.81. The predicted octanol–water partition coefficient (Wildman–Crippen LogP) is 2.34. The van der Waals surface area contributed by atoms with Gasteiger partial charge in [-0.1, -0.05) is 6.07 Å². The molecule has 0 heterocycles. The van der Waals surface area contributed by atoms with Crippen LogP contribution in [0.5, 0.6) is 0 Å². The number of nitrogens with one attached hydrogen (secondary N) is 1. The van der Waals surface area contributed by atoms with Gasteiger partial charge in [0.05, 0.1) is 0 Å². The van der Waals surface area contributed by atoms with Gasteiger partial charge >= 0.3 is 0 Å². The van der Waals surface area contributed by atoms with Crippen LogP contribution < -0.4 is 5.32 Å². The van der Waals surface area contributed by atoms with Crippen LogP contribution in [0.2, 0.25) is 0 Å². The highest BCUT2D eigenvalue weighted by Crippen LogP contribution is 2.46. The van der Waals surface area contributed by atoms with E-state index >= 15 is 0 Å². The van der Waals surface area contributed by atoms with E-state index < -0.39 is 0 Å². The topological polar surface area (TPSA) is 12.0 Å². The number of rotatable bonds is 2. The van der Waals surface area contributed by atoms with Crippen molar-refractivity contribution in [1.29, 1.82) is 0 Å². The normalized spacial score (nSPS) is 18.7. The number of hydrogen-bond donors (Lipinski definition) is 1. The lowest BCUT2D eigenvalue weighted by atomic mass is 9.99. The molecule has 0 aliphatic heterocycles. The Morgan fingerprint density at radius 3 is 2.62 bits per heavy atom. The molecule has 70 valence electrons. The zero-order chi connectivity index (χ0) is 9.47. The highest BCUT2D eigenvalue weighted by molar-refractivity contribution is 5.37. The Morgan fingerprint density at radius 2 is 2.08 bits per heavy atom. The summed E-state index contributed by atoms with van der Waals surface area (Å²) in [4.78, 5) is 0. The van der Waals surface area contributed by atoms with Crippen LogP contribution in [-0.4, -0.2) is 7.05 Å². The predicted molar refractivity (Wildman–Crippen MR) is 51.1 cm³/mol. The van der Waals surface area contributed by atoms with Crippen LogP contribution in [0.1, 0.15) is 24.0 Å². The summed E-state index contributed by atoms with van der Waals surface area (Å²) >= 11 is 0. The Balaban J connectivity index is 2.44. The minimum Gasteiger partial charge on any atom is -0.310 e. The van der Waals surface area contributed by atoms with Crippen molar-refractivity contribution in [1.82, 2.24) is 5.32 Å². The molecule has 2 rings (SSSR count). The van der Waals surface area contributed by atoms with E-state index in [0.717, 1.165) is 18.4 Å². The molecule has 0 saturated heterocycles. The van der Waals surface area contributed by atoms with Crippen molar-refractivity contribution in [2.24, 2.45) is 0 Å². The maximum Gasteiger partial charge on any atom is 0.123 e. The summed E-state index contributed by atoms with van der Waals surface area (Å²) in [7, 11) is 1.94. The fourth-order valence-electron chi connectivity index (χ4n) is 1.89. The second-order valence-electron chi connectivity index (χ2n) is 3.79. The Morgan fingerprint density at radius 1 is 1.38 bits per heavy atom. The molecule has 1 aromatic carbocycles. The molecule has 0 unspecified atom stereocenters. The molecule has 0 amide bonds. The van der Waals surface area contributed by atoms with E-state index in [1.807, 2.05) is 20.0 Å². The zero-order valence-corrected chi connectivity index (χ0v) is 8.02. The number of benzene rings is 1. The third-order valence-electron chi connectivity index (χ3n) is 2.94. The summed E-state index contributed by atoms with van der Waals surface area (Å²) in [6.45, 7) is 2.03. The lowest BCUT2D eigenvalue weighted by Gasteiger charge is -2.17. The average Bonchev–Trinajstić information content (AvgIpc) is 2.90. The Kier molecular flexibility index (Phi) is 1.88. The van der Waals surface area contributed by atoms with Crippen molar-refractivity contribution in [3.63, 3.8) is 0 Å². The van der Waals surface area contributed by atoms with E-state index in [1.54, 1.807) is 6.07 Å². The van der Waals surface area contributed by atoms with Crippen LogP contribution in [0, 0.1) is 12.7 Å². The first-order valence-electron chi connectivity index (χ1n) is 4.63. The van der Waals surface area contributed by atoms with Crippen molar-refractivity contribution in [2.45, 2.75) is 25.3 Å². The van der Waals surface area contributed by atoms with Crippen LogP contribution in [0.15, 0.2) is 18.2 Å². The van der Waals surface area contributed by atoms with Gasteiger partial charge in [0.2, 0.25) is 0 Å². The summed E-state index contributed by atoms with van der Waals surface area (Å²) in [6.07, 6.45) is 2.24. The molecule has 1 fully saturated rings. The Labute approximate surface area is 78.0 Å². The van der Waals surface area contributed by atoms with Gasteiger partial charge in [-0.25, -0.2) is 4.39 Å². The molecule has 1 aliphatic rings. The van der Waals surface area contributed by atoms with E-state index in [-0.39, 0.29) is 11.4 Å². The Bertz CT molecular complexity index is 329. The maximum absolute atomic E-state index is 13.0. The third kappa shape index (κ3) is 1.35. The average molecular weight is 179 g/mol. The van der Waals surface area contributed by atoms with E-state index in [1.165, 1.54) is 11.6 Å². The molecule has 0 atom stereocenters. The fraction of sp³-hybridized carbons (Fsp3) is 0.455. The van der Waals surface area contributed by atoms with Crippen LogP contribution in [0.3, 0.4) is 0 Å². The molecular weight excluding hydrogens is 165 g/mol. The van der Waals surface area contributed by atoms with Crippen LogP contribution in [0.4, 0.5) is 4.39 Å². The van der Waals surface area contributed by atoms with Gasteiger partial charge in [-0.2, -0.15) is 0 Å². The lowest BCUT2D eigenvalue weighted by molar-refractivity contribution is 0.567. The summed E-state index contributed by atoms with van der Waals surface area (Å²) in [5.41, 5.74) is 2.37. The van der Waals surface area contributed by atoms with Gasteiger partial charge in [0.25, 0.3) is 0 Å². The zero-order valence-electron chi connectivity index (χ0n) is 8.02. The van der Waals surface area contributed by atoms with Crippen LogP contribution in [-0.2, 0) is 5.54 Å². The van der Waals surface area contributed by atoms with Crippen molar-refractivity contribution < 1.29 is 4.39 Å². The number of aryl methyl sites for hydroxylation is 1. The molecule has 0 radical (unpaired) electrons. The van der Waals surface area contributed by atoms with Gasteiger partial charge < -0.3 is 5.32 Å². The molecule has 0 spiro atoms. The summed E-state index contributed by atoms with van der Waals surface area (Å²) in [5.74, 6) is -0.137. The van der Waals surface area contributed by atoms with Gasteiger partial charge in [-0.3, -0.25) is 0 Å². The summed E-state index contributed by atoms with van der Waals surface area (Å²) in [5, 5.41) is 3.27. The monoisotopic (exact) mass is 179 g/mol. The van der Waals surface area contributed by atoms with E-state index in [9.17, 15) is 4.39 Å². The molecule has 0 aromatic heterocycles. The molecule has 1 aliphatic carbocycles. The fourth-order valence-corrected chi connectivity index (χ4v) is 1.89. The highest BCUT2D eigenvalue weighted by atomic mass is 19.1. The van der Waals surface area contributed by atoms with Crippen molar-refractivity contribution in [3.05, 3.63) is 35.1 Å². The van der Waals surface area contributed by atoms with Gasteiger partial charge in [0.1, 0.15) is 5.82 Å². The van der Waals surface area contributed by atoms with Gasteiger partial charge in [-0.05, 0) is 50.1 Å². The van der Waals surface area contributed by atoms with E-state index in [0.29, 0.717) is 0 Å². The van der Waals surface area contributed by atoms with Crippen molar-refractivity contribution >= 4 is 0 Å². The first kappa shape index (κ1) is 8.70. The minimum absolute atomic E-state index is 0.0756. The highest BCUT2D eigenvalue weighted by Gasteiger charge is 2.43. The molecule has 13 heavy (non-hydrogen) atoms. The maximum atomic E-state index is 13.0. The minimum atomic E-state index is -0.137. The first-order valence-corrected chi connectivity index (χ1v) is 4.63.